The Labute approximate surface area is 106 Å². The lowest BCUT2D eigenvalue weighted by atomic mass is 9.96. The van der Waals surface area contributed by atoms with Crippen LogP contribution in [-0.4, -0.2) is 64.1 Å². The third kappa shape index (κ3) is 5.34. The summed E-state index contributed by atoms with van der Waals surface area (Å²) >= 11 is 0. The van der Waals surface area contributed by atoms with E-state index in [-0.39, 0.29) is 0 Å². The van der Waals surface area contributed by atoms with Crippen molar-refractivity contribution in [1.29, 1.82) is 0 Å². The van der Waals surface area contributed by atoms with Gasteiger partial charge in [0.15, 0.2) is 0 Å². The summed E-state index contributed by atoms with van der Waals surface area (Å²) in [6, 6.07) is 1.23. The lowest BCUT2D eigenvalue weighted by Gasteiger charge is -2.39. The van der Waals surface area contributed by atoms with E-state index in [2.05, 4.69) is 17.1 Å². The average Bonchev–Trinajstić information content (AvgIpc) is 2.38. The van der Waals surface area contributed by atoms with Gasteiger partial charge in [0.1, 0.15) is 0 Å². The first-order valence-corrected chi connectivity index (χ1v) is 6.77. The van der Waals surface area contributed by atoms with E-state index in [1.54, 1.807) is 7.11 Å². The van der Waals surface area contributed by atoms with Gasteiger partial charge in [-0.3, -0.25) is 4.90 Å². The number of hydrogen-bond donors (Lipinski definition) is 1. The van der Waals surface area contributed by atoms with E-state index in [1.807, 2.05) is 7.05 Å². The second-order valence-corrected chi connectivity index (χ2v) is 4.78. The van der Waals surface area contributed by atoms with E-state index >= 15 is 0 Å². The molecule has 1 aliphatic rings. The van der Waals surface area contributed by atoms with E-state index in [0.717, 1.165) is 13.2 Å². The van der Waals surface area contributed by atoms with Crippen LogP contribution >= 0.6 is 0 Å². The predicted molar refractivity (Wildman–Crippen MR) is 70.4 cm³/mol. The smallest absolute Gasteiger partial charge is 0.0700 e. The molecule has 4 heteroatoms. The topological polar surface area (TPSA) is 33.7 Å². The highest BCUT2D eigenvalue weighted by molar-refractivity contribution is 4.84. The van der Waals surface area contributed by atoms with Crippen LogP contribution in [0.25, 0.3) is 0 Å². The molecule has 17 heavy (non-hydrogen) atoms. The summed E-state index contributed by atoms with van der Waals surface area (Å²) in [4.78, 5) is 2.57. The van der Waals surface area contributed by atoms with Crippen LogP contribution in [0.3, 0.4) is 0 Å². The van der Waals surface area contributed by atoms with E-state index in [0.29, 0.717) is 25.3 Å². The van der Waals surface area contributed by atoms with Crippen LogP contribution in [0, 0.1) is 0 Å². The Kier molecular flexibility index (Phi) is 7.77. The Morgan fingerprint density at radius 1 is 1.29 bits per heavy atom. The van der Waals surface area contributed by atoms with Crippen LogP contribution in [-0.2, 0) is 9.47 Å². The monoisotopic (exact) mass is 244 g/mol. The third-order valence-electron chi connectivity index (χ3n) is 3.65. The molecule has 1 heterocycles. The lowest BCUT2D eigenvalue weighted by Crippen LogP contribution is -2.51. The minimum absolute atomic E-state index is 0.564. The zero-order chi connectivity index (χ0) is 12.5. The molecule has 1 rings (SSSR count). The highest BCUT2D eigenvalue weighted by Crippen LogP contribution is 2.19. The number of hydrogen-bond acceptors (Lipinski definition) is 4. The van der Waals surface area contributed by atoms with Crippen LogP contribution < -0.4 is 5.32 Å². The van der Waals surface area contributed by atoms with Crippen molar-refractivity contribution in [3.63, 3.8) is 0 Å². The van der Waals surface area contributed by atoms with Gasteiger partial charge in [0.05, 0.1) is 19.8 Å². The molecule has 0 bridgehead atoms. The van der Waals surface area contributed by atoms with Crippen LogP contribution in [0.15, 0.2) is 0 Å². The van der Waals surface area contributed by atoms with E-state index in [1.165, 1.54) is 25.8 Å². The maximum Gasteiger partial charge on any atom is 0.0700 e. The van der Waals surface area contributed by atoms with Gasteiger partial charge in [-0.1, -0.05) is 6.42 Å². The summed E-state index contributed by atoms with van der Waals surface area (Å²) < 4.78 is 10.5. The molecule has 0 aliphatic carbocycles. The van der Waals surface area contributed by atoms with Gasteiger partial charge in [-0.25, -0.2) is 0 Å². The molecule has 0 amide bonds. The van der Waals surface area contributed by atoms with Gasteiger partial charge in [-0.15, -0.1) is 0 Å². The van der Waals surface area contributed by atoms with Crippen LogP contribution in [0.1, 0.15) is 26.2 Å². The summed E-state index contributed by atoms with van der Waals surface area (Å²) in [6.07, 6.45) is 3.99. The van der Waals surface area contributed by atoms with Crippen molar-refractivity contribution >= 4 is 0 Å². The van der Waals surface area contributed by atoms with Gasteiger partial charge >= 0.3 is 0 Å². The second kappa shape index (κ2) is 8.86. The van der Waals surface area contributed by atoms with Crippen molar-refractivity contribution in [2.45, 2.75) is 38.3 Å². The molecule has 0 aromatic heterocycles. The molecule has 4 nitrogen and oxygen atoms in total. The molecule has 2 atom stereocenters. The Bertz CT molecular complexity index is 190. The quantitative estimate of drug-likeness (QED) is 0.649. The maximum atomic E-state index is 5.55. The van der Waals surface area contributed by atoms with Crippen molar-refractivity contribution < 1.29 is 9.47 Å². The number of nitrogens with zero attached hydrogens (tertiary/aromatic N) is 1. The fourth-order valence-electron chi connectivity index (χ4n) is 2.48. The molecule has 1 fully saturated rings. The van der Waals surface area contributed by atoms with E-state index in [9.17, 15) is 0 Å². The first-order valence-electron chi connectivity index (χ1n) is 6.77. The highest BCUT2D eigenvalue weighted by atomic mass is 16.5. The summed E-state index contributed by atoms with van der Waals surface area (Å²) in [6.45, 7) is 6.74. The summed E-state index contributed by atoms with van der Waals surface area (Å²) in [5, 5.41) is 3.37. The summed E-state index contributed by atoms with van der Waals surface area (Å²) in [7, 11) is 3.76. The minimum atomic E-state index is 0.564. The fraction of sp³-hybridized carbons (Fsp3) is 1.00. The summed E-state index contributed by atoms with van der Waals surface area (Å²) in [5.41, 5.74) is 0. The molecule has 2 unspecified atom stereocenters. The Balaban J connectivity index is 2.23. The van der Waals surface area contributed by atoms with Gasteiger partial charge in [0.25, 0.3) is 0 Å². The van der Waals surface area contributed by atoms with Crippen molar-refractivity contribution in [2.24, 2.45) is 0 Å². The number of likely N-dealkylation sites (tertiary alicyclic amines) is 1. The Morgan fingerprint density at radius 2 is 2.12 bits per heavy atom. The first kappa shape index (κ1) is 14.9. The molecule has 102 valence electrons. The van der Waals surface area contributed by atoms with Crippen LogP contribution in [0.5, 0.6) is 0 Å². The number of likely N-dealkylation sites (N-methyl/N-ethyl adjacent to an activating group) is 1. The highest BCUT2D eigenvalue weighted by Gasteiger charge is 2.25. The lowest BCUT2D eigenvalue weighted by molar-refractivity contribution is 0.0373. The second-order valence-electron chi connectivity index (χ2n) is 4.78. The van der Waals surface area contributed by atoms with Crippen molar-refractivity contribution in [2.75, 3.05) is 47.1 Å². The molecule has 0 spiro atoms. The molecule has 1 N–H and O–H groups in total. The Hall–Kier alpha value is -0.160. The molecule has 0 radical (unpaired) electrons. The van der Waals surface area contributed by atoms with Crippen molar-refractivity contribution in [3.05, 3.63) is 0 Å². The zero-order valence-electron chi connectivity index (χ0n) is 11.6. The SMILES string of the molecule is CNC(C)C1CCCCN1CCOCCOC. The number of methoxy groups -OCH3 is 1. The molecule has 1 aliphatic heterocycles. The van der Waals surface area contributed by atoms with E-state index in [4.69, 9.17) is 9.47 Å². The van der Waals surface area contributed by atoms with Gasteiger partial charge in [-0.2, -0.15) is 0 Å². The zero-order valence-corrected chi connectivity index (χ0v) is 11.6. The molecule has 0 saturated carbocycles. The first-order chi connectivity index (χ1) is 8.29. The third-order valence-corrected chi connectivity index (χ3v) is 3.65. The number of rotatable bonds is 8. The van der Waals surface area contributed by atoms with Crippen LogP contribution in [0.4, 0.5) is 0 Å². The van der Waals surface area contributed by atoms with E-state index < -0.39 is 0 Å². The van der Waals surface area contributed by atoms with Crippen molar-refractivity contribution in [3.8, 4) is 0 Å². The predicted octanol–water partition coefficient (Wildman–Crippen LogP) is 1.11. The van der Waals surface area contributed by atoms with Crippen LogP contribution in [0.2, 0.25) is 0 Å². The molecule has 0 aromatic rings. The van der Waals surface area contributed by atoms with Gasteiger partial charge < -0.3 is 14.8 Å². The summed E-state index contributed by atoms with van der Waals surface area (Å²) in [5.74, 6) is 0. The number of ether oxygens (including phenoxy) is 2. The maximum absolute atomic E-state index is 5.55. The normalized spacial score (nSPS) is 23.8. The molecular formula is C13H28N2O2. The number of piperidine rings is 1. The van der Waals surface area contributed by atoms with Gasteiger partial charge in [0.2, 0.25) is 0 Å². The minimum Gasteiger partial charge on any atom is -0.382 e. The molecular weight excluding hydrogens is 216 g/mol. The number of nitrogens with one attached hydrogen (secondary N) is 1. The molecule has 1 saturated heterocycles. The van der Waals surface area contributed by atoms with Crippen molar-refractivity contribution in [1.82, 2.24) is 10.2 Å². The average molecular weight is 244 g/mol. The largest absolute Gasteiger partial charge is 0.382 e. The fourth-order valence-corrected chi connectivity index (χ4v) is 2.48. The van der Waals surface area contributed by atoms with Gasteiger partial charge in [0, 0.05) is 25.7 Å². The molecule has 0 aromatic carbocycles. The van der Waals surface area contributed by atoms with Gasteiger partial charge in [-0.05, 0) is 33.4 Å². The standard InChI is InChI=1S/C13H28N2O2/c1-12(14-2)13-6-4-5-7-15(13)8-9-17-11-10-16-3/h12-14H,4-11H2,1-3H3. The Morgan fingerprint density at radius 3 is 2.82 bits per heavy atom.